The molecule has 3 aromatic rings. The summed E-state index contributed by atoms with van der Waals surface area (Å²) < 4.78 is 5.06. The summed E-state index contributed by atoms with van der Waals surface area (Å²) in [6, 6.07) is 16.3. The number of benzene rings is 2. The molecule has 114 valence electrons. The number of aromatic hydroxyl groups is 1. The normalized spacial score (nSPS) is 11.0. The van der Waals surface area contributed by atoms with Crippen molar-refractivity contribution in [1.29, 1.82) is 0 Å². The average molecular weight is 305 g/mol. The predicted molar refractivity (Wildman–Crippen MR) is 90.1 cm³/mol. The molecule has 1 aromatic heterocycles. The molecular formula is C19H15NO3. The minimum atomic E-state index is -0.349. The zero-order valence-electron chi connectivity index (χ0n) is 12.6. The van der Waals surface area contributed by atoms with Gasteiger partial charge in [-0.3, -0.25) is 4.79 Å². The number of carbonyl (C=O) groups excluding carboxylic acids is 1. The summed E-state index contributed by atoms with van der Waals surface area (Å²) in [7, 11) is 0. The number of ether oxygens (including phenoxy) is 1. The third kappa shape index (κ3) is 3.55. The molecular weight excluding hydrogens is 290 g/mol. The lowest BCUT2D eigenvalue weighted by molar-refractivity contribution is -0.131. The second-order valence-electron chi connectivity index (χ2n) is 5.08. The third-order valence-electron chi connectivity index (χ3n) is 3.29. The first-order valence-electron chi connectivity index (χ1n) is 7.17. The van der Waals surface area contributed by atoms with Crippen LogP contribution in [0.15, 0.2) is 54.6 Å². The van der Waals surface area contributed by atoms with Crippen molar-refractivity contribution in [3.05, 3.63) is 65.9 Å². The number of hydrogen-bond donors (Lipinski definition) is 1. The zero-order valence-corrected chi connectivity index (χ0v) is 12.6. The Kier molecular flexibility index (Phi) is 4.06. The molecule has 0 aliphatic carbocycles. The van der Waals surface area contributed by atoms with Gasteiger partial charge >= 0.3 is 5.97 Å². The summed E-state index contributed by atoms with van der Waals surface area (Å²) in [5.41, 5.74) is 2.20. The van der Waals surface area contributed by atoms with Gasteiger partial charge in [-0.05, 0) is 35.9 Å². The highest BCUT2D eigenvalue weighted by atomic mass is 16.5. The Bertz CT molecular complexity index is 900. The Morgan fingerprint density at radius 2 is 1.91 bits per heavy atom. The minimum absolute atomic E-state index is 0.162. The largest absolute Gasteiger partial charge is 0.506 e. The number of carbonyl (C=O) groups is 1. The average Bonchev–Trinajstić information content (AvgIpc) is 2.53. The maximum absolute atomic E-state index is 11.0. The van der Waals surface area contributed by atoms with Gasteiger partial charge in [0, 0.05) is 12.3 Å². The first kappa shape index (κ1) is 14.8. The lowest BCUT2D eigenvalue weighted by Gasteiger charge is -2.02. The van der Waals surface area contributed by atoms with E-state index in [9.17, 15) is 9.90 Å². The van der Waals surface area contributed by atoms with E-state index in [0.29, 0.717) is 11.3 Å². The van der Waals surface area contributed by atoms with Gasteiger partial charge in [0.1, 0.15) is 17.0 Å². The molecule has 0 fully saturated rings. The summed E-state index contributed by atoms with van der Waals surface area (Å²) in [5.74, 6) is 0.316. The van der Waals surface area contributed by atoms with Crippen molar-refractivity contribution in [2.75, 3.05) is 0 Å². The minimum Gasteiger partial charge on any atom is -0.506 e. The van der Waals surface area contributed by atoms with Crippen LogP contribution in [0.5, 0.6) is 11.5 Å². The number of hydrogen-bond acceptors (Lipinski definition) is 4. The van der Waals surface area contributed by atoms with E-state index in [4.69, 9.17) is 4.74 Å². The van der Waals surface area contributed by atoms with Gasteiger partial charge in [-0.15, -0.1) is 0 Å². The van der Waals surface area contributed by atoms with E-state index >= 15 is 0 Å². The maximum Gasteiger partial charge on any atom is 0.308 e. The van der Waals surface area contributed by atoms with Crippen molar-refractivity contribution < 1.29 is 14.6 Å². The van der Waals surface area contributed by atoms with Crippen LogP contribution in [0.3, 0.4) is 0 Å². The summed E-state index contributed by atoms with van der Waals surface area (Å²) >= 11 is 0. The van der Waals surface area contributed by atoms with Gasteiger partial charge < -0.3 is 9.84 Å². The Morgan fingerprint density at radius 1 is 1.09 bits per heavy atom. The van der Waals surface area contributed by atoms with Crippen LogP contribution in [-0.2, 0) is 4.79 Å². The number of esters is 1. The Balaban J connectivity index is 1.88. The number of phenols is 1. The molecule has 3 rings (SSSR count). The number of para-hydroxylation sites is 1. The van der Waals surface area contributed by atoms with E-state index in [-0.39, 0.29) is 11.7 Å². The topological polar surface area (TPSA) is 59.4 Å². The van der Waals surface area contributed by atoms with Gasteiger partial charge in [-0.1, -0.05) is 36.4 Å². The SMILES string of the molecule is CC(=O)Oc1cccc(C=Cc2ccc3cccc(O)c3n2)c1. The molecule has 1 N–H and O–H groups in total. The molecule has 2 aromatic carbocycles. The number of rotatable bonds is 3. The lowest BCUT2D eigenvalue weighted by atomic mass is 10.1. The van der Waals surface area contributed by atoms with Gasteiger partial charge in [0.05, 0.1) is 5.69 Å². The van der Waals surface area contributed by atoms with Crippen LogP contribution in [0.4, 0.5) is 0 Å². The van der Waals surface area contributed by atoms with E-state index in [2.05, 4.69) is 4.98 Å². The van der Waals surface area contributed by atoms with Crippen LogP contribution in [0.25, 0.3) is 23.1 Å². The van der Waals surface area contributed by atoms with Crippen molar-refractivity contribution in [3.63, 3.8) is 0 Å². The lowest BCUT2D eigenvalue weighted by Crippen LogP contribution is -2.00. The Hall–Kier alpha value is -3.14. The monoisotopic (exact) mass is 305 g/mol. The number of fused-ring (bicyclic) bond motifs is 1. The molecule has 1 heterocycles. The number of pyridine rings is 1. The molecule has 0 saturated heterocycles. The van der Waals surface area contributed by atoms with Crippen LogP contribution in [0.2, 0.25) is 0 Å². The molecule has 0 unspecified atom stereocenters. The molecule has 0 atom stereocenters. The smallest absolute Gasteiger partial charge is 0.308 e. The highest BCUT2D eigenvalue weighted by molar-refractivity contribution is 5.85. The van der Waals surface area contributed by atoms with E-state index in [1.165, 1.54) is 6.92 Å². The van der Waals surface area contributed by atoms with Gasteiger partial charge in [0.2, 0.25) is 0 Å². The van der Waals surface area contributed by atoms with Crippen molar-refractivity contribution >= 4 is 29.0 Å². The molecule has 23 heavy (non-hydrogen) atoms. The van der Waals surface area contributed by atoms with E-state index in [1.807, 2.05) is 42.5 Å². The fraction of sp³-hybridized carbons (Fsp3) is 0.0526. The molecule has 0 radical (unpaired) electrons. The standard InChI is InChI=1S/C19H15NO3/c1-13(21)23-17-6-2-4-14(12-17)8-10-16-11-9-15-5-3-7-18(22)19(15)20-16/h2-12,22H,1H3. The van der Waals surface area contributed by atoms with Gasteiger partial charge in [-0.25, -0.2) is 4.98 Å². The van der Waals surface area contributed by atoms with Crippen molar-refractivity contribution in [3.8, 4) is 11.5 Å². The first-order valence-corrected chi connectivity index (χ1v) is 7.17. The molecule has 0 spiro atoms. The van der Waals surface area contributed by atoms with E-state index in [0.717, 1.165) is 16.6 Å². The highest BCUT2D eigenvalue weighted by Crippen LogP contribution is 2.23. The predicted octanol–water partition coefficient (Wildman–Crippen LogP) is 4.04. The number of phenolic OH excluding ortho intramolecular Hbond substituents is 1. The van der Waals surface area contributed by atoms with Crippen LogP contribution in [0.1, 0.15) is 18.2 Å². The highest BCUT2D eigenvalue weighted by Gasteiger charge is 2.01. The van der Waals surface area contributed by atoms with Crippen LogP contribution in [0, 0.1) is 0 Å². The molecule has 0 saturated carbocycles. The van der Waals surface area contributed by atoms with Gasteiger partial charge in [0.15, 0.2) is 0 Å². The molecule has 0 aliphatic rings. The quantitative estimate of drug-likeness (QED) is 0.586. The Morgan fingerprint density at radius 3 is 2.74 bits per heavy atom. The van der Waals surface area contributed by atoms with Gasteiger partial charge in [0.25, 0.3) is 0 Å². The van der Waals surface area contributed by atoms with Gasteiger partial charge in [-0.2, -0.15) is 0 Å². The second-order valence-corrected chi connectivity index (χ2v) is 5.08. The van der Waals surface area contributed by atoms with Crippen molar-refractivity contribution in [1.82, 2.24) is 4.98 Å². The molecule has 0 amide bonds. The van der Waals surface area contributed by atoms with Crippen LogP contribution < -0.4 is 4.74 Å². The van der Waals surface area contributed by atoms with E-state index < -0.39 is 0 Å². The Labute approximate surface area is 133 Å². The third-order valence-corrected chi connectivity index (χ3v) is 3.29. The van der Waals surface area contributed by atoms with Crippen LogP contribution >= 0.6 is 0 Å². The first-order chi connectivity index (χ1) is 11.1. The molecule has 0 bridgehead atoms. The van der Waals surface area contributed by atoms with E-state index in [1.54, 1.807) is 24.3 Å². The summed E-state index contributed by atoms with van der Waals surface area (Å²) in [6.07, 6.45) is 3.72. The second kappa shape index (κ2) is 6.32. The summed E-state index contributed by atoms with van der Waals surface area (Å²) in [6.45, 7) is 1.37. The summed E-state index contributed by atoms with van der Waals surface area (Å²) in [5, 5.41) is 10.8. The fourth-order valence-corrected chi connectivity index (χ4v) is 2.27. The fourth-order valence-electron chi connectivity index (χ4n) is 2.27. The van der Waals surface area contributed by atoms with Crippen LogP contribution in [-0.4, -0.2) is 16.1 Å². The maximum atomic E-state index is 11.0. The van der Waals surface area contributed by atoms with Crippen molar-refractivity contribution in [2.45, 2.75) is 6.92 Å². The molecule has 4 heteroatoms. The molecule has 0 aliphatic heterocycles. The molecule has 4 nitrogen and oxygen atoms in total. The number of aromatic nitrogens is 1. The zero-order chi connectivity index (χ0) is 16.2. The summed E-state index contributed by atoms with van der Waals surface area (Å²) in [4.78, 5) is 15.4. The van der Waals surface area contributed by atoms with Crippen molar-refractivity contribution in [2.24, 2.45) is 0 Å². The number of nitrogens with zero attached hydrogens (tertiary/aromatic N) is 1.